The van der Waals surface area contributed by atoms with Crippen molar-refractivity contribution >= 4 is 11.7 Å². The summed E-state index contributed by atoms with van der Waals surface area (Å²) in [5.41, 5.74) is 3.07. The van der Waals surface area contributed by atoms with Gasteiger partial charge in [-0.05, 0) is 35.2 Å². The third-order valence-electron chi connectivity index (χ3n) is 3.97. The Hall–Kier alpha value is -2.95. The number of carbonyl (C=O) groups is 1. The van der Waals surface area contributed by atoms with Crippen LogP contribution in [0, 0.1) is 5.82 Å². The highest BCUT2D eigenvalue weighted by molar-refractivity contribution is 6.04. The van der Waals surface area contributed by atoms with Crippen LogP contribution in [0.1, 0.15) is 36.7 Å². The molecule has 0 fully saturated rings. The normalized spacial score (nSPS) is 11.4. The van der Waals surface area contributed by atoms with Gasteiger partial charge in [0.25, 0.3) is 5.91 Å². The maximum atomic E-state index is 13.3. The number of carbonyl (C=O) groups excluding carboxylic acids is 1. The van der Waals surface area contributed by atoms with Gasteiger partial charge in [0.05, 0.1) is 5.69 Å². The second-order valence-electron chi connectivity index (χ2n) is 6.96. The van der Waals surface area contributed by atoms with Crippen LogP contribution in [0.15, 0.2) is 54.6 Å². The van der Waals surface area contributed by atoms with Gasteiger partial charge in [-0.15, -0.1) is 0 Å². The molecular formula is C20H20FN3O. The van der Waals surface area contributed by atoms with E-state index in [2.05, 4.69) is 36.3 Å². The van der Waals surface area contributed by atoms with E-state index in [1.54, 1.807) is 30.3 Å². The molecule has 2 N–H and O–H groups in total. The molecule has 3 aromatic rings. The highest BCUT2D eigenvalue weighted by Gasteiger charge is 2.15. The number of H-pyrrole nitrogens is 1. The van der Waals surface area contributed by atoms with Gasteiger partial charge in [-0.25, -0.2) is 4.39 Å². The van der Waals surface area contributed by atoms with Crippen LogP contribution in [0.3, 0.4) is 0 Å². The first-order chi connectivity index (χ1) is 11.8. The molecule has 1 heterocycles. The minimum Gasteiger partial charge on any atom is -0.305 e. The molecule has 0 saturated heterocycles. The van der Waals surface area contributed by atoms with Crippen molar-refractivity contribution in [2.45, 2.75) is 26.2 Å². The van der Waals surface area contributed by atoms with Crippen LogP contribution < -0.4 is 5.32 Å². The fourth-order valence-electron chi connectivity index (χ4n) is 2.50. The number of halogens is 1. The zero-order valence-electron chi connectivity index (χ0n) is 14.4. The van der Waals surface area contributed by atoms with Gasteiger partial charge < -0.3 is 5.32 Å². The summed E-state index contributed by atoms with van der Waals surface area (Å²) in [6.07, 6.45) is 0. The summed E-state index contributed by atoms with van der Waals surface area (Å²) in [6.45, 7) is 6.37. The van der Waals surface area contributed by atoms with Gasteiger partial charge in [-0.1, -0.05) is 45.0 Å². The molecule has 128 valence electrons. The van der Waals surface area contributed by atoms with E-state index >= 15 is 0 Å². The number of aromatic nitrogens is 2. The van der Waals surface area contributed by atoms with Crippen molar-refractivity contribution in [3.63, 3.8) is 0 Å². The predicted octanol–water partition coefficient (Wildman–Crippen LogP) is 4.77. The minimum atomic E-state index is -0.323. The van der Waals surface area contributed by atoms with E-state index in [0.717, 1.165) is 5.56 Å². The van der Waals surface area contributed by atoms with Gasteiger partial charge in [-0.3, -0.25) is 9.89 Å². The molecule has 0 aliphatic rings. The average molecular weight is 337 g/mol. The number of anilines is 1. The molecule has 0 aliphatic carbocycles. The Morgan fingerprint density at radius 2 is 1.80 bits per heavy atom. The Kier molecular flexibility index (Phi) is 4.40. The fourth-order valence-corrected chi connectivity index (χ4v) is 2.50. The smallest absolute Gasteiger partial charge is 0.256 e. The van der Waals surface area contributed by atoms with Crippen LogP contribution in [0.4, 0.5) is 10.2 Å². The largest absolute Gasteiger partial charge is 0.305 e. The molecule has 5 heteroatoms. The zero-order chi connectivity index (χ0) is 18.0. The van der Waals surface area contributed by atoms with Crippen molar-refractivity contribution in [1.82, 2.24) is 10.2 Å². The summed E-state index contributed by atoms with van der Waals surface area (Å²) in [7, 11) is 0. The maximum absolute atomic E-state index is 13.3. The first kappa shape index (κ1) is 16.9. The van der Waals surface area contributed by atoms with Gasteiger partial charge in [0.2, 0.25) is 0 Å². The fraction of sp³-hybridized carbons (Fsp3) is 0.200. The molecule has 3 rings (SSSR count). The number of rotatable bonds is 3. The Bertz CT molecular complexity index is 892. The Morgan fingerprint density at radius 3 is 2.44 bits per heavy atom. The van der Waals surface area contributed by atoms with Crippen LogP contribution in [-0.4, -0.2) is 16.1 Å². The molecule has 1 amide bonds. The second kappa shape index (κ2) is 6.51. The molecule has 0 atom stereocenters. The third kappa shape index (κ3) is 3.94. The lowest BCUT2D eigenvalue weighted by Crippen LogP contribution is -2.14. The third-order valence-corrected chi connectivity index (χ3v) is 3.97. The van der Waals surface area contributed by atoms with Crippen molar-refractivity contribution in [3.8, 4) is 11.3 Å². The number of benzene rings is 2. The Morgan fingerprint density at radius 1 is 1.08 bits per heavy atom. The standard InChI is InChI=1S/C20H20FN3O/c1-20(2,3)15-9-7-13(8-10-15)19(25)22-18-12-17(23-24-18)14-5-4-6-16(21)11-14/h4-12H,1-3H3,(H2,22,23,24,25). The summed E-state index contributed by atoms with van der Waals surface area (Å²) < 4.78 is 13.3. The van der Waals surface area contributed by atoms with E-state index in [9.17, 15) is 9.18 Å². The lowest BCUT2D eigenvalue weighted by molar-refractivity contribution is 0.102. The van der Waals surface area contributed by atoms with Crippen molar-refractivity contribution < 1.29 is 9.18 Å². The van der Waals surface area contributed by atoms with Crippen molar-refractivity contribution in [2.75, 3.05) is 5.32 Å². The number of nitrogens with zero attached hydrogens (tertiary/aromatic N) is 1. The number of amides is 1. The van der Waals surface area contributed by atoms with E-state index in [1.165, 1.54) is 12.1 Å². The molecule has 25 heavy (non-hydrogen) atoms. The van der Waals surface area contributed by atoms with Crippen LogP contribution in [0.5, 0.6) is 0 Å². The maximum Gasteiger partial charge on any atom is 0.256 e. The molecule has 0 spiro atoms. The molecule has 4 nitrogen and oxygen atoms in total. The second-order valence-corrected chi connectivity index (χ2v) is 6.96. The van der Waals surface area contributed by atoms with Gasteiger partial charge in [0, 0.05) is 17.2 Å². The quantitative estimate of drug-likeness (QED) is 0.723. The zero-order valence-corrected chi connectivity index (χ0v) is 14.4. The van der Waals surface area contributed by atoms with Crippen molar-refractivity contribution in [3.05, 3.63) is 71.5 Å². The highest BCUT2D eigenvalue weighted by Crippen LogP contribution is 2.23. The van der Waals surface area contributed by atoms with Crippen LogP contribution in [-0.2, 0) is 5.41 Å². The van der Waals surface area contributed by atoms with Crippen molar-refractivity contribution in [2.24, 2.45) is 0 Å². The van der Waals surface area contributed by atoms with Crippen LogP contribution in [0.2, 0.25) is 0 Å². The molecule has 1 aromatic heterocycles. The summed E-state index contributed by atoms with van der Waals surface area (Å²) >= 11 is 0. The van der Waals surface area contributed by atoms with Crippen molar-refractivity contribution in [1.29, 1.82) is 0 Å². The number of hydrogen-bond donors (Lipinski definition) is 2. The van der Waals surface area contributed by atoms with E-state index < -0.39 is 0 Å². The topological polar surface area (TPSA) is 57.8 Å². The molecular weight excluding hydrogens is 317 g/mol. The van der Waals surface area contributed by atoms with E-state index in [4.69, 9.17) is 0 Å². The highest BCUT2D eigenvalue weighted by atomic mass is 19.1. The van der Waals surface area contributed by atoms with Gasteiger partial charge in [0.1, 0.15) is 5.82 Å². The summed E-state index contributed by atoms with van der Waals surface area (Å²) in [4.78, 5) is 12.3. The van der Waals surface area contributed by atoms with E-state index in [1.807, 2.05) is 12.1 Å². The van der Waals surface area contributed by atoms with Gasteiger partial charge in [-0.2, -0.15) is 5.10 Å². The van der Waals surface area contributed by atoms with Crippen LogP contribution >= 0.6 is 0 Å². The van der Waals surface area contributed by atoms with E-state index in [0.29, 0.717) is 22.6 Å². The number of hydrogen-bond acceptors (Lipinski definition) is 2. The molecule has 0 saturated carbocycles. The summed E-state index contributed by atoms with van der Waals surface area (Å²) in [5.74, 6) is -0.168. The molecule has 0 radical (unpaired) electrons. The van der Waals surface area contributed by atoms with Gasteiger partial charge in [0.15, 0.2) is 5.82 Å². The number of nitrogens with one attached hydrogen (secondary N) is 2. The van der Waals surface area contributed by atoms with Crippen LogP contribution in [0.25, 0.3) is 11.3 Å². The molecule has 0 aliphatic heterocycles. The monoisotopic (exact) mass is 337 g/mol. The minimum absolute atomic E-state index is 0.0387. The summed E-state index contributed by atoms with van der Waals surface area (Å²) in [5, 5.41) is 9.61. The lowest BCUT2D eigenvalue weighted by atomic mass is 9.87. The lowest BCUT2D eigenvalue weighted by Gasteiger charge is -2.18. The average Bonchev–Trinajstić information content (AvgIpc) is 3.03. The Balaban J connectivity index is 1.73. The molecule has 0 bridgehead atoms. The molecule has 0 unspecified atom stereocenters. The van der Waals surface area contributed by atoms with Gasteiger partial charge >= 0.3 is 0 Å². The first-order valence-corrected chi connectivity index (χ1v) is 8.06. The predicted molar refractivity (Wildman–Crippen MR) is 97.1 cm³/mol. The molecule has 2 aromatic carbocycles. The SMILES string of the molecule is CC(C)(C)c1ccc(C(=O)Nc2cc(-c3cccc(F)c3)[nH]n2)cc1. The van der Waals surface area contributed by atoms with E-state index in [-0.39, 0.29) is 17.1 Å². The first-order valence-electron chi connectivity index (χ1n) is 8.06. The summed E-state index contributed by atoms with van der Waals surface area (Å²) in [6, 6.07) is 15.4. The number of aromatic amines is 1. The Labute approximate surface area is 146 Å².